The molecule has 29 heavy (non-hydrogen) atoms. The fourth-order valence-corrected chi connectivity index (χ4v) is 5.02. The number of nitrogens with zero attached hydrogens (tertiary/aromatic N) is 1. The highest BCUT2D eigenvalue weighted by Crippen LogP contribution is 2.32. The molecule has 2 nitrogen and oxygen atoms in total. The zero-order valence-electron chi connectivity index (χ0n) is 16.8. The first-order valence-corrected chi connectivity index (χ1v) is 10.7. The van der Waals surface area contributed by atoms with Gasteiger partial charge in [0.15, 0.2) is 0 Å². The highest BCUT2D eigenvalue weighted by Gasteiger charge is 2.34. The molecule has 0 aromatic heterocycles. The first-order chi connectivity index (χ1) is 13.8. The van der Waals surface area contributed by atoms with Crippen molar-refractivity contribution in [2.24, 2.45) is 5.92 Å². The largest absolute Gasteiger partial charge is 0.372 e. The van der Waals surface area contributed by atoms with Gasteiger partial charge in [0.25, 0.3) is 0 Å². The molecule has 0 spiro atoms. The highest BCUT2D eigenvalue weighted by molar-refractivity contribution is 5.85. The highest BCUT2D eigenvalue weighted by atomic mass is 35.5. The van der Waals surface area contributed by atoms with Crippen LogP contribution >= 0.6 is 12.4 Å². The van der Waals surface area contributed by atoms with Crippen molar-refractivity contribution in [3.63, 3.8) is 0 Å². The van der Waals surface area contributed by atoms with Crippen LogP contribution in [0.25, 0.3) is 5.57 Å². The summed E-state index contributed by atoms with van der Waals surface area (Å²) in [6, 6.07) is 13.9. The quantitative estimate of drug-likeness (QED) is 0.644. The average Bonchev–Trinajstić information content (AvgIpc) is 2.95. The molecule has 154 valence electrons. The lowest BCUT2D eigenvalue weighted by atomic mass is 9.86. The van der Waals surface area contributed by atoms with Crippen molar-refractivity contribution in [1.29, 1.82) is 0 Å². The lowest BCUT2D eigenvalue weighted by Gasteiger charge is -2.44. The summed E-state index contributed by atoms with van der Waals surface area (Å²) in [5.74, 6) is 0.584. The van der Waals surface area contributed by atoms with Gasteiger partial charge in [-0.05, 0) is 91.1 Å². The summed E-state index contributed by atoms with van der Waals surface area (Å²) in [6.07, 6.45) is 8.40. The third-order valence-electron chi connectivity index (χ3n) is 6.69. The van der Waals surface area contributed by atoms with Gasteiger partial charge < -0.3 is 9.64 Å². The van der Waals surface area contributed by atoms with Gasteiger partial charge in [-0.15, -0.1) is 12.4 Å². The van der Waals surface area contributed by atoms with Crippen LogP contribution in [0.15, 0.2) is 48.5 Å². The number of benzene rings is 2. The Morgan fingerprint density at radius 3 is 2.55 bits per heavy atom. The second-order valence-electron chi connectivity index (χ2n) is 8.50. The normalized spacial score (nSPS) is 25.6. The summed E-state index contributed by atoms with van der Waals surface area (Å²) >= 11 is 0. The maximum atomic E-state index is 13.9. The lowest BCUT2D eigenvalue weighted by molar-refractivity contribution is -0.0765. The van der Waals surface area contributed by atoms with Crippen molar-refractivity contribution in [2.45, 2.75) is 44.8 Å². The van der Waals surface area contributed by atoms with Crippen LogP contribution < -0.4 is 0 Å². The van der Waals surface area contributed by atoms with E-state index in [0.717, 1.165) is 42.9 Å². The molecule has 0 amide bonds. The number of hydrogen-bond acceptors (Lipinski definition) is 2. The molecule has 0 N–H and O–H groups in total. The lowest BCUT2D eigenvalue weighted by Crippen LogP contribution is -2.51. The molecule has 2 aromatic carbocycles. The predicted octanol–water partition coefficient (Wildman–Crippen LogP) is 5.63. The molecule has 4 heteroatoms. The molecule has 1 unspecified atom stereocenters. The maximum absolute atomic E-state index is 13.9. The van der Waals surface area contributed by atoms with E-state index in [-0.39, 0.29) is 18.2 Å². The number of rotatable bonds is 4. The Labute approximate surface area is 179 Å². The second-order valence-corrected chi connectivity index (χ2v) is 8.50. The van der Waals surface area contributed by atoms with E-state index in [9.17, 15) is 4.39 Å². The molecular weight excluding hydrogens is 385 g/mol. The van der Waals surface area contributed by atoms with Crippen LogP contribution in [0, 0.1) is 11.7 Å². The third kappa shape index (κ3) is 4.42. The van der Waals surface area contributed by atoms with Gasteiger partial charge in [-0.1, -0.05) is 36.4 Å². The van der Waals surface area contributed by atoms with Crippen molar-refractivity contribution in [1.82, 2.24) is 4.90 Å². The minimum Gasteiger partial charge on any atom is -0.372 e. The van der Waals surface area contributed by atoms with Crippen molar-refractivity contribution < 1.29 is 9.13 Å². The van der Waals surface area contributed by atoms with E-state index in [1.54, 1.807) is 12.1 Å². The zero-order chi connectivity index (χ0) is 18.9. The average molecular weight is 414 g/mol. The third-order valence-corrected chi connectivity index (χ3v) is 6.69. The molecule has 2 bridgehead atoms. The van der Waals surface area contributed by atoms with Gasteiger partial charge in [-0.25, -0.2) is 4.39 Å². The van der Waals surface area contributed by atoms with Crippen LogP contribution in [0.2, 0.25) is 0 Å². The summed E-state index contributed by atoms with van der Waals surface area (Å²) in [6.45, 7) is 4.27. The van der Waals surface area contributed by atoms with E-state index in [4.69, 9.17) is 4.74 Å². The van der Waals surface area contributed by atoms with E-state index >= 15 is 0 Å². The molecule has 4 aliphatic rings. The van der Waals surface area contributed by atoms with E-state index in [2.05, 4.69) is 35.2 Å². The molecular formula is C25H29ClFNO. The van der Waals surface area contributed by atoms with Crippen LogP contribution in [-0.2, 0) is 17.8 Å². The monoisotopic (exact) mass is 413 g/mol. The summed E-state index contributed by atoms with van der Waals surface area (Å²) in [5, 5.41) is 0. The zero-order valence-corrected chi connectivity index (χ0v) is 17.6. The number of halogens is 2. The first-order valence-electron chi connectivity index (χ1n) is 10.7. The Hall–Kier alpha value is -1.68. The number of piperidine rings is 3. The molecule has 6 rings (SSSR count). The Bertz CT molecular complexity index is 871. The Balaban J connectivity index is 0.00000205. The predicted molar refractivity (Wildman–Crippen MR) is 118 cm³/mol. The Morgan fingerprint density at radius 1 is 1.03 bits per heavy atom. The molecule has 3 fully saturated rings. The van der Waals surface area contributed by atoms with Crippen LogP contribution in [0.5, 0.6) is 0 Å². The van der Waals surface area contributed by atoms with Crippen molar-refractivity contribution >= 4 is 18.0 Å². The van der Waals surface area contributed by atoms with Gasteiger partial charge in [0.2, 0.25) is 0 Å². The van der Waals surface area contributed by atoms with Gasteiger partial charge in [0.05, 0.1) is 12.7 Å². The molecule has 1 aliphatic carbocycles. The minimum atomic E-state index is -0.158. The fraction of sp³-hybridized carbons (Fsp3) is 0.440. The summed E-state index contributed by atoms with van der Waals surface area (Å²) in [5.41, 5.74) is 5.85. The van der Waals surface area contributed by atoms with Crippen molar-refractivity contribution in [2.75, 3.05) is 19.6 Å². The Kier molecular flexibility index (Phi) is 6.38. The van der Waals surface area contributed by atoms with E-state index in [1.807, 2.05) is 6.07 Å². The molecule has 1 atom stereocenters. The minimum absolute atomic E-state index is 0. The molecule has 3 aliphatic heterocycles. The molecule has 3 saturated heterocycles. The van der Waals surface area contributed by atoms with Gasteiger partial charge in [-0.2, -0.15) is 0 Å². The molecule has 0 saturated carbocycles. The maximum Gasteiger partial charge on any atom is 0.123 e. The van der Waals surface area contributed by atoms with Gasteiger partial charge >= 0.3 is 0 Å². The summed E-state index contributed by atoms with van der Waals surface area (Å²) in [7, 11) is 0. The molecule has 0 radical (unpaired) electrons. The van der Waals surface area contributed by atoms with Gasteiger partial charge in [-0.3, -0.25) is 0 Å². The fourth-order valence-electron chi connectivity index (χ4n) is 5.02. The SMILES string of the molecule is Cl.Fc1ccc2c(c1)C(c1ccc(COC3CN4CCC3CC4)cc1)=CCCC2. The first kappa shape index (κ1) is 20.6. The van der Waals surface area contributed by atoms with Crippen LogP contribution in [0.1, 0.15) is 47.9 Å². The number of ether oxygens (including phenoxy) is 1. The topological polar surface area (TPSA) is 12.5 Å². The number of allylic oxidation sites excluding steroid dienone is 1. The van der Waals surface area contributed by atoms with Gasteiger partial charge in [0, 0.05) is 6.54 Å². The number of hydrogen-bond donors (Lipinski definition) is 0. The summed E-state index contributed by atoms with van der Waals surface area (Å²) < 4.78 is 20.1. The number of aryl methyl sites for hydroxylation is 1. The second kappa shape index (κ2) is 8.99. The Morgan fingerprint density at radius 2 is 1.83 bits per heavy atom. The molecule has 2 aromatic rings. The van der Waals surface area contributed by atoms with E-state index in [1.165, 1.54) is 42.6 Å². The molecule has 3 heterocycles. The summed E-state index contributed by atoms with van der Waals surface area (Å²) in [4.78, 5) is 2.53. The van der Waals surface area contributed by atoms with Crippen LogP contribution in [0.3, 0.4) is 0 Å². The van der Waals surface area contributed by atoms with Gasteiger partial charge in [0.1, 0.15) is 5.82 Å². The smallest absolute Gasteiger partial charge is 0.123 e. The van der Waals surface area contributed by atoms with Crippen LogP contribution in [-0.4, -0.2) is 30.6 Å². The van der Waals surface area contributed by atoms with Crippen molar-refractivity contribution in [3.8, 4) is 0 Å². The standard InChI is InChI=1S/C25H28FNO.ClH/c26-22-10-9-19-3-1-2-4-23(24(19)15-22)20-7-5-18(6-8-20)17-28-25-16-27-13-11-21(25)12-14-27;/h4-10,15,21,25H,1-3,11-14,16-17H2;1H. The van der Waals surface area contributed by atoms with Crippen LogP contribution in [0.4, 0.5) is 4.39 Å². The van der Waals surface area contributed by atoms with Crippen molar-refractivity contribution in [3.05, 3.63) is 76.6 Å². The van der Waals surface area contributed by atoms with E-state index < -0.39 is 0 Å². The number of fused-ring (bicyclic) bond motifs is 4. The van der Waals surface area contributed by atoms with E-state index in [0.29, 0.717) is 12.7 Å².